The van der Waals surface area contributed by atoms with Gasteiger partial charge in [0.25, 0.3) is 5.91 Å². The number of hydrogen-bond donors (Lipinski definition) is 0. The van der Waals surface area contributed by atoms with Crippen molar-refractivity contribution in [2.75, 3.05) is 13.1 Å². The Morgan fingerprint density at radius 3 is 2.60 bits per heavy atom. The van der Waals surface area contributed by atoms with Gasteiger partial charge in [-0.1, -0.05) is 32.9 Å². The summed E-state index contributed by atoms with van der Waals surface area (Å²) in [7, 11) is 0. The predicted octanol–water partition coefficient (Wildman–Crippen LogP) is 3.46. The van der Waals surface area contributed by atoms with Gasteiger partial charge in [-0.05, 0) is 42.0 Å². The molecule has 1 atom stereocenters. The lowest BCUT2D eigenvalue weighted by molar-refractivity contribution is 0.0525. The predicted molar refractivity (Wildman–Crippen MR) is 96.7 cm³/mol. The molecule has 0 radical (unpaired) electrons. The van der Waals surface area contributed by atoms with Crippen LogP contribution in [-0.2, 0) is 5.41 Å². The van der Waals surface area contributed by atoms with Crippen molar-refractivity contribution < 1.29 is 9.53 Å². The van der Waals surface area contributed by atoms with E-state index in [0.29, 0.717) is 12.4 Å². The first kappa shape index (κ1) is 17.4. The molecule has 1 aromatic carbocycles. The fraction of sp³-hybridized carbons (Fsp3) is 0.450. The monoisotopic (exact) mass is 339 g/mol. The van der Waals surface area contributed by atoms with Crippen molar-refractivity contribution in [3.05, 3.63) is 53.7 Å². The molecule has 25 heavy (non-hydrogen) atoms. The summed E-state index contributed by atoms with van der Waals surface area (Å²) in [5.41, 5.74) is 2.04. The number of amides is 1. The Labute approximate surface area is 149 Å². The number of hydrogen-bond acceptors (Lipinski definition) is 4. The van der Waals surface area contributed by atoms with Gasteiger partial charge in [0.15, 0.2) is 0 Å². The zero-order valence-electron chi connectivity index (χ0n) is 15.1. The van der Waals surface area contributed by atoms with Crippen molar-refractivity contribution >= 4 is 5.91 Å². The Balaban J connectivity index is 1.65. The van der Waals surface area contributed by atoms with Gasteiger partial charge in [0.05, 0.1) is 6.54 Å². The van der Waals surface area contributed by atoms with E-state index in [1.54, 1.807) is 18.3 Å². The number of aromatic nitrogens is 2. The second-order valence-electron chi connectivity index (χ2n) is 7.52. The number of carbonyl (C=O) groups excluding carboxylic acids is 1. The van der Waals surface area contributed by atoms with E-state index in [4.69, 9.17) is 4.74 Å². The van der Waals surface area contributed by atoms with Crippen LogP contribution in [-0.4, -0.2) is 40.2 Å². The normalized spacial score (nSPS) is 18.0. The summed E-state index contributed by atoms with van der Waals surface area (Å²) in [6, 6.07) is 11.5. The third kappa shape index (κ3) is 4.35. The van der Waals surface area contributed by atoms with E-state index < -0.39 is 0 Å². The lowest BCUT2D eigenvalue weighted by Gasteiger charge is -2.32. The minimum atomic E-state index is -0.0387. The van der Waals surface area contributed by atoms with E-state index in [-0.39, 0.29) is 17.4 Å². The van der Waals surface area contributed by atoms with Crippen molar-refractivity contribution in [2.45, 2.75) is 45.1 Å². The molecule has 1 unspecified atom stereocenters. The maximum Gasteiger partial charge on any atom is 0.253 e. The van der Waals surface area contributed by atoms with Crippen molar-refractivity contribution in [2.24, 2.45) is 0 Å². The van der Waals surface area contributed by atoms with Crippen LogP contribution in [0, 0.1) is 0 Å². The zero-order valence-corrected chi connectivity index (χ0v) is 15.1. The van der Waals surface area contributed by atoms with Gasteiger partial charge in [-0.2, -0.15) is 5.10 Å². The molecule has 1 aliphatic heterocycles. The first-order valence-electron chi connectivity index (χ1n) is 8.78. The molecule has 3 rings (SSSR count). The number of rotatable bonds is 3. The van der Waals surface area contributed by atoms with Crippen LogP contribution in [0.2, 0.25) is 0 Å². The molecule has 1 fully saturated rings. The van der Waals surface area contributed by atoms with E-state index >= 15 is 0 Å². The Bertz CT molecular complexity index is 708. The molecular weight excluding hydrogens is 314 g/mol. The third-order valence-electron chi connectivity index (χ3n) is 4.50. The molecule has 132 valence electrons. The van der Waals surface area contributed by atoms with Gasteiger partial charge in [-0.3, -0.25) is 4.79 Å². The lowest BCUT2D eigenvalue weighted by atomic mass is 9.86. The van der Waals surface area contributed by atoms with E-state index in [0.717, 1.165) is 24.9 Å². The maximum atomic E-state index is 12.8. The molecule has 1 amide bonds. The fourth-order valence-electron chi connectivity index (χ4n) is 3.04. The molecule has 2 aromatic rings. The summed E-state index contributed by atoms with van der Waals surface area (Å²) < 4.78 is 5.87. The van der Waals surface area contributed by atoms with E-state index in [1.807, 2.05) is 29.2 Å². The summed E-state index contributed by atoms with van der Waals surface area (Å²) in [4.78, 5) is 14.7. The minimum Gasteiger partial charge on any atom is -0.471 e. The molecule has 0 aliphatic carbocycles. The molecule has 1 aliphatic rings. The number of piperidine rings is 1. The summed E-state index contributed by atoms with van der Waals surface area (Å²) in [6.07, 6.45) is 3.42. The van der Waals surface area contributed by atoms with Gasteiger partial charge in [-0.25, -0.2) is 0 Å². The van der Waals surface area contributed by atoms with Gasteiger partial charge in [0.1, 0.15) is 6.10 Å². The summed E-state index contributed by atoms with van der Waals surface area (Å²) >= 11 is 0. The minimum absolute atomic E-state index is 0.0387. The molecule has 0 saturated carbocycles. The second kappa shape index (κ2) is 7.21. The molecule has 0 N–H and O–H groups in total. The SMILES string of the molecule is CC(C)(C)c1ccc(C(=O)N2CCCC(Oc3cccnn3)C2)cc1. The Morgan fingerprint density at radius 1 is 1.20 bits per heavy atom. The highest BCUT2D eigenvalue weighted by molar-refractivity contribution is 5.94. The molecule has 5 heteroatoms. The third-order valence-corrected chi connectivity index (χ3v) is 4.50. The van der Waals surface area contributed by atoms with Crippen LogP contribution in [0.25, 0.3) is 0 Å². The quantitative estimate of drug-likeness (QED) is 0.859. The van der Waals surface area contributed by atoms with Crippen LogP contribution in [0.3, 0.4) is 0 Å². The molecule has 0 spiro atoms. The lowest BCUT2D eigenvalue weighted by Crippen LogP contribution is -2.44. The maximum absolute atomic E-state index is 12.8. The van der Waals surface area contributed by atoms with Gasteiger partial charge < -0.3 is 9.64 Å². The van der Waals surface area contributed by atoms with Crippen LogP contribution in [0.1, 0.15) is 49.5 Å². The van der Waals surface area contributed by atoms with Gasteiger partial charge >= 0.3 is 0 Å². The Morgan fingerprint density at radius 2 is 1.96 bits per heavy atom. The highest BCUT2D eigenvalue weighted by atomic mass is 16.5. The molecule has 2 heterocycles. The summed E-state index contributed by atoms with van der Waals surface area (Å²) in [6.45, 7) is 7.85. The number of likely N-dealkylation sites (tertiary alicyclic amines) is 1. The van der Waals surface area contributed by atoms with Crippen LogP contribution >= 0.6 is 0 Å². The van der Waals surface area contributed by atoms with Crippen molar-refractivity contribution in [3.63, 3.8) is 0 Å². The topological polar surface area (TPSA) is 55.3 Å². The highest BCUT2D eigenvalue weighted by Gasteiger charge is 2.26. The highest BCUT2D eigenvalue weighted by Crippen LogP contribution is 2.23. The molecule has 0 bridgehead atoms. The number of ether oxygens (including phenoxy) is 1. The van der Waals surface area contributed by atoms with Crippen LogP contribution in [0.5, 0.6) is 5.88 Å². The van der Waals surface area contributed by atoms with Crippen molar-refractivity contribution in [1.82, 2.24) is 15.1 Å². The van der Waals surface area contributed by atoms with E-state index in [1.165, 1.54) is 5.56 Å². The van der Waals surface area contributed by atoms with Gasteiger partial charge in [0, 0.05) is 24.4 Å². The molecule has 1 aromatic heterocycles. The number of nitrogens with zero attached hydrogens (tertiary/aromatic N) is 3. The molecular formula is C20H25N3O2. The summed E-state index contributed by atoms with van der Waals surface area (Å²) in [5, 5.41) is 7.78. The Kier molecular flexibility index (Phi) is 5.02. The first-order valence-corrected chi connectivity index (χ1v) is 8.78. The van der Waals surface area contributed by atoms with Crippen LogP contribution < -0.4 is 4.74 Å². The first-order chi connectivity index (χ1) is 11.9. The van der Waals surface area contributed by atoms with Crippen molar-refractivity contribution in [1.29, 1.82) is 0 Å². The van der Waals surface area contributed by atoms with E-state index in [9.17, 15) is 4.79 Å². The van der Waals surface area contributed by atoms with E-state index in [2.05, 4.69) is 31.0 Å². The molecule has 5 nitrogen and oxygen atoms in total. The average Bonchev–Trinajstić information content (AvgIpc) is 2.61. The number of benzene rings is 1. The number of carbonyl (C=O) groups is 1. The zero-order chi connectivity index (χ0) is 17.9. The van der Waals surface area contributed by atoms with Crippen LogP contribution in [0.15, 0.2) is 42.6 Å². The van der Waals surface area contributed by atoms with Crippen LogP contribution in [0.4, 0.5) is 0 Å². The second-order valence-corrected chi connectivity index (χ2v) is 7.52. The molecule has 1 saturated heterocycles. The average molecular weight is 339 g/mol. The summed E-state index contributed by atoms with van der Waals surface area (Å²) in [5.74, 6) is 0.573. The Hall–Kier alpha value is -2.43. The van der Waals surface area contributed by atoms with Crippen molar-refractivity contribution in [3.8, 4) is 5.88 Å². The standard InChI is InChI=1S/C20H25N3O2/c1-20(2,3)16-10-8-15(9-11-16)19(24)23-13-5-6-17(14-23)25-18-7-4-12-21-22-18/h4,7-12,17H,5-6,13-14H2,1-3H3. The fourth-order valence-corrected chi connectivity index (χ4v) is 3.04. The van der Waals surface area contributed by atoms with Gasteiger partial charge in [0.2, 0.25) is 5.88 Å². The largest absolute Gasteiger partial charge is 0.471 e. The van der Waals surface area contributed by atoms with Gasteiger partial charge in [-0.15, -0.1) is 5.10 Å². The smallest absolute Gasteiger partial charge is 0.253 e.